The molecule has 0 bridgehead atoms. The Hall–Kier alpha value is -1.00. The Labute approximate surface area is 112 Å². The number of sulfonamides is 2. The van der Waals surface area contributed by atoms with Crippen LogP contribution in [-0.2, 0) is 20.0 Å². The first-order valence-corrected chi connectivity index (χ1v) is 8.68. The van der Waals surface area contributed by atoms with Crippen LogP contribution in [0.5, 0.6) is 0 Å². The van der Waals surface area contributed by atoms with Crippen LogP contribution in [0, 0.1) is 0 Å². The van der Waals surface area contributed by atoms with Gasteiger partial charge in [-0.25, -0.2) is 26.7 Å². The molecule has 19 heavy (non-hydrogen) atoms. The number of benzene rings is 1. The Morgan fingerprint density at radius 2 is 1.89 bits per heavy atom. The molecule has 0 spiro atoms. The Bertz CT molecular complexity index is 664. The zero-order valence-electron chi connectivity index (χ0n) is 10.0. The van der Waals surface area contributed by atoms with Gasteiger partial charge in [0.05, 0.1) is 9.79 Å². The molecule has 0 unspecified atom stereocenters. The van der Waals surface area contributed by atoms with E-state index >= 15 is 0 Å². The smallest absolute Gasteiger partial charge is 0.240 e. The molecule has 0 radical (unpaired) electrons. The summed E-state index contributed by atoms with van der Waals surface area (Å²) in [5.74, 6) is 0. The lowest BCUT2D eigenvalue weighted by Gasteiger charge is -2.12. The molecule has 1 aliphatic heterocycles. The number of rotatable bonds is 4. The maximum atomic E-state index is 12.1. The normalized spacial score (nSPS) is 20.6. The molecule has 1 fully saturated rings. The van der Waals surface area contributed by atoms with Gasteiger partial charge in [-0.2, -0.15) is 0 Å². The summed E-state index contributed by atoms with van der Waals surface area (Å²) in [6.45, 7) is 1.32. The summed E-state index contributed by atoms with van der Waals surface area (Å²) >= 11 is 0. The van der Waals surface area contributed by atoms with Crippen LogP contribution in [0.3, 0.4) is 0 Å². The van der Waals surface area contributed by atoms with Crippen molar-refractivity contribution >= 4 is 20.0 Å². The third-order valence-electron chi connectivity index (χ3n) is 2.83. The molecule has 2 rings (SSSR count). The highest BCUT2D eigenvalue weighted by Gasteiger charge is 2.23. The van der Waals surface area contributed by atoms with E-state index in [9.17, 15) is 16.8 Å². The molecular formula is C10H15N3O4S2. The number of primary sulfonamides is 1. The minimum absolute atomic E-state index is 0.106. The van der Waals surface area contributed by atoms with Gasteiger partial charge in [0.15, 0.2) is 0 Å². The second-order valence-electron chi connectivity index (χ2n) is 4.33. The lowest BCUT2D eigenvalue weighted by atomic mass is 10.3. The minimum Gasteiger partial charge on any atom is -0.315 e. The predicted octanol–water partition coefficient (Wildman–Crippen LogP) is -1.03. The van der Waals surface area contributed by atoms with E-state index in [0.29, 0.717) is 13.0 Å². The first kappa shape index (κ1) is 14.4. The van der Waals surface area contributed by atoms with Crippen LogP contribution < -0.4 is 15.2 Å². The number of nitrogens with two attached hydrogens (primary N) is 1. The second-order valence-corrected chi connectivity index (χ2v) is 7.61. The standard InChI is InChI=1S/C10H15N3O4S2/c11-18(14,15)9-2-1-3-10(6-9)19(16,17)13-8-4-5-12-7-8/h1-3,6,8,12-13H,4-5,7H2,(H2,11,14,15)/t8-/m0/s1. The highest BCUT2D eigenvalue weighted by atomic mass is 32.2. The fourth-order valence-corrected chi connectivity index (χ4v) is 3.81. The topological polar surface area (TPSA) is 118 Å². The van der Waals surface area contributed by atoms with Crippen molar-refractivity contribution in [3.63, 3.8) is 0 Å². The molecule has 0 aromatic heterocycles. The van der Waals surface area contributed by atoms with E-state index in [4.69, 9.17) is 5.14 Å². The lowest BCUT2D eigenvalue weighted by molar-refractivity contribution is 0.560. The van der Waals surface area contributed by atoms with Crippen LogP contribution in [0.25, 0.3) is 0 Å². The van der Waals surface area contributed by atoms with Crippen molar-refractivity contribution < 1.29 is 16.8 Å². The number of hydrogen-bond donors (Lipinski definition) is 3. The molecule has 1 atom stereocenters. The van der Waals surface area contributed by atoms with Crippen molar-refractivity contribution in [3.8, 4) is 0 Å². The van der Waals surface area contributed by atoms with Crippen LogP contribution in [0.1, 0.15) is 6.42 Å². The van der Waals surface area contributed by atoms with Crippen molar-refractivity contribution in [1.29, 1.82) is 0 Å². The predicted molar refractivity (Wildman–Crippen MR) is 69.4 cm³/mol. The van der Waals surface area contributed by atoms with Crippen LogP contribution >= 0.6 is 0 Å². The van der Waals surface area contributed by atoms with Crippen molar-refractivity contribution in [3.05, 3.63) is 24.3 Å². The molecule has 1 aromatic rings. The van der Waals surface area contributed by atoms with Gasteiger partial charge in [-0.1, -0.05) is 6.07 Å². The molecule has 1 saturated heterocycles. The molecule has 0 aliphatic carbocycles. The van der Waals surface area contributed by atoms with Gasteiger partial charge in [-0.3, -0.25) is 0 Å². The molecule has 0 saturated carbocycles. The summed E-state index contributed by atoms with van der Waals surface area (Å²) < 4.78 is 49.1. The molecule has 1 aliphatic rings. The Balaban J connectivity index is 2.30. The van der Waals surface area contributed by atoms with Gasteiger partial charge in [0.2, 0.25) is 20.0 Å². The van der Waals surface area contributed by atoms with Crippen molar-refractivity contribution in [2.24, 2.45) is 5.14 Å². The van der Waals surface area contributed by atoms with Gasteiger partial charge >= 0.3 is 0 Å². The second kappa shape index (κ2) is 5.17. The molecule has 4 N–H and O–H groups in total. The van der Waals surface area contributed by atoms with Crippen molar-refractivity contribution in [2.45, 2.75) is 22.3 Å². The Kier molecular flexibility index (Phi) is 3.92. The van der Waals surface area contributed by atoms with Crippen LogP contribution in [0.15, 0.2) is 34.1 Å². The van der Waals surface area contributed by atoms with E-state index in [1.807, 2.05) is 0 Å². The number of hydrogen-bond acceptors (Lipinski definition) is 5. The van der Waals surface area contributed by atoms with Crippen LogP contribution in [0.4, 0.5) is 0 Å². The lowest BCUT2D eigenvalue weighted by Crippen LogP contribution is -2.36. The molecule has 106 valence electrons. The Morgan fingerprint density at radius 1 is 1.21 bits per heavy atom. The summed E-state index contributed by atoms with van der Waals surface area (Å²) in [4.78, 5) is -0.328. The van der Waals surface area contributed by atoms with E-state index in [0.717, 1.165) is 12.6 Å². The third-order valence-corrected chi connectivity index (χ3v) is 5.26. The van der Waals surface area contributed by atoms with Gasteiger partial charge in [-0.15, -0.1) is 0 Å². The third kappa shape index (κ3) is 3.51. The first-order chi connectivity index (χ1) is 8.79. The largest absolute Gasteiger partial charge is 0.315 e. The quantitative estimate of drug-likeness (QED) is 0.657. The van der Waals surface area contributed by atoms with Gasteiger partial charge in [0.1, 0.15) is 0 Å². The first-order valence-electron chi connectivity index (χ1n) is 5.65. The van der Waals surface area contributed by atoms with Crippen LogP contribution in [0.2, 0.25) is 0 Å². The monoisotopic (exact) mass is 305 g/mol. The summed E-state index contributed by atoms with van der Waals surface area (Å²) in [7, 11) is -7.65. The maximum absolute atomic E-state index is 12.1. The zero-order valence-corrected chi connectivity index (χ0v) is 11.7. The summed E-state index contributed by atoms with van der Waals surface area (Å²) in [6.07, 6.45) is 0.702. The molecule has 9 heteroatoms. The van der Waals surface area contributed by atoms with E-state index in [-0.39, 0.29) is 15.8 Å². The zero-order chi connectivity index (χ0) is 14.1. The average Bonchev–Trinajstić information content (AvgIpc) is 2.80. The van der Waals surface area contributed by atoms with Crippen LogP contribution in [-0.4, -0.2) is 36.0 Å². The molecule has 1 heterocycles. The van der Waals surface area contributed by atoms with E-state index in [1.165, 1.54) is 18.2 Å². The highest BCUT2D eigenvalue weighted by molar-refractivity contribution is 7.90. The number of nitrogens with one attached hydrogen (secondary N) is 2. The summed E-state index contributed by atoms with van der Waals surface area (Å²) in [5, 5.41) is 8.02. The molecular weight excluding hydrogens is 290 g/mol. The molecule has 1 aromatic carbocycles. The van der Waals surface area contributed by atoms with E-state index < -0.39 is 20.0 Å². The summed E-state index contributed by atoms with van der Waals surface area (Å²) in [5.41, 5.74) is 0. The fraction of sp³-hybridized carbons (Fsp3) is 0.400. The molecule has 0 amide bonds. The molecule has 7 nitrogen and oxygen atoms in total. The Morgan fingerprint density at radius 3 is 2.47 bits per heavy atom. The minimum atomic E-state index is -3.92. The summed E-state index contributed by atoms with van der Waals surface area (Å²) in [6, 6.07) is 4.81. The van der Waals surface area contributed by atoms with Gasteiger partial charge in [0.25, 0.3) is 0 Å². The van der Waals surface area contributed by atoms with Gasteiger partial charge in [-0.05, 0) is 31.2 Å². The van der Waals surface area contributed by atoms with Crippen molar-refractivity contribution in [2.75, 3.05) is 13.1 Å². The van der Waals surface area contributed by atoms with Gasteiger partial charge in [0, 0.05) is 12.6 Å². The highest BCUT2D eigenvalue weighted by Crippen LogP contribution is 2.15. The van der Waals surface area contributed by atoms with E-state index in [1.54, 1.807) is 0 Å². The SMILES string of the molecule is NS(=O)(=O)c1cccc(S(=O)(=O)N[C@H]2CCNC2)c1. The maximum Gasteiger partial charge on any atom is 0.240 e. The van der Waals surface area contributed by atoms with Gasteiger partial charge < -0.3 is 5.32 Å². The van der Waals surface area contributed by atoms with E-state index in [2.05, 4.69) is 10.0 Å². The fourth-order valence-electron chi connectivity index (χ4n) is 1.86. The average molecular weight is 305 g/mol. The van der Waals surface area contributed by atoms with Crippen molar-refractivity contribution in [1.82, 2.24) is 10.0 Å².